The fraction of sp³-hybridized carbons (Fsp3) is 0.268. The number of nitrogens with zero attached hydrogens (tertiary/aromatic N) is 3. The molecule has 0 aliphatic rings. The van der Waals surface area contributed by atoms with Crippen LogP contribution in [-0.4, -0.2) is 19.9 Å². The summed E-state index contributed by atoms with van der Waals surface area (Å²) in [5.74, 6) is 11.3. The average Bonchev–Trinajstić information content (AvgIpc) is 1.83. The van der Waals surface area contributed by atoms with Gasteiger partial charge in [0.1, 0.15) is 69.2 Å². The van der Waals surface area contributed by atoms with Crippen LogP contribution in [0.4, 0.5) is 23.4 Å². The number of H-pyrrole nitrogens is 1. The lowest BCUT2D eigenvalue weighted by atomic mass is 9.99. The summed E-state index contributed by atoms with van der Waals surface area (Å²) in [5, 5.41) is 14.7. The number of pyridine rings is 1. The van der Waals surface area contributed by atoms with Crippen molar-refractivity contribution in [2.45, 2.75) is 237 Å². The molecule has 1 N–H and O–H groups in total. The SMILES string of the molecule is CC(C)c1cc(Br)cs1.CC(C)c1ccc(Sc2ccccc2)cc1.CC(C)c1ccc([N+](=O)[O-])o1.CC(C)c1cccc(OCc2ccccc2)c1.CC(C)c1cccc(Oc2cc(Cl)cc(Cl)c2)c1.CC(C)c1cccc(Oc2cccc(C(F)(F)F)c2)c1.CC(C)c1cccc(Sc2ccc(F)cc2)c1.CC(C)c1ccnc2ccccc12.CC(C)c1cnc(-c2ccccc2)[nH]1.Cc1ccc(C(C)C)o1. The van der Waals surface area contributed by atoms with Gasteiger partial charge in [0.15, 0.2) is 0 Å². The standard InChI is InChI=1S/C16H15F3O.C16H18O.C15H14Cl2O.C15H15FS.C15H16S.C12H14N2.C12H13N.C8H12O.C7H9BrS.C7H9NO3/c1-11(2)12-5-3-7-14(9-12)20-15-8-4-6-13(10-15)16(17,18)19;1-13(2)15-9-6-10-16(11-15)17-12-14-7-4-3-5-8-14;1-10(2)11-4-3-5-14(6-11)18-15-8-12(16)7-13(17)9-15;1-11(2)12-4-3-5-15(10-12)17-14-8-6-13(16)7-9-14;1-12(2)13-8-10-15(11-9-13)16-14-6-4-3-5-7-14;1-9(2)11-8-13-12(14-11)10-6-4-3-5-7-10;1-9(2)10-7-8-13-12-6-4-3-5-11(10)12;1-6(2)8-5-4-7(3)9-8;1-5(2)7-3-6(8)4-9-7;1-5(2)6-3-4-7(11-6)8(9)10/h3-11H,1-2H3;3-11,13H,12H2,1-2H3;3-10H,1-2H3;3-11H,1-2H3;3-12H,1-2H3;3-9H,1-2H3,(H,13,14);3-9H,1-2H3;4-6H,1-3H3;3-5H,1-2H3;3-5H,1-2H3. The Hall–Kier alpha value is -12.2. The number of alkyl halides is 3. The van der Waals surface area contributed by atoms with Gasteiger partial charge in [-0.15, -0.1) is 11.3 Å². The summed E-state index contributed by atoms with van der Waals surface area (Å²) in [7, 11) is 0. The van der Waals surface area contributed by atoms with Crippen LogP contribution in [0.5, 0.6) is 28.7 Å². The second-order valence-electron chi connectivity index (χ2n) is 37.0. The lowest BCUT2D eigenvalue weighted by Crippen LogP contribution is -2.04. The van der Waals surface area contributed by atoms with Crippen molar-refractivity contribution in [3.63, 3.8) is 0 Å². The monoisotopic (exact) mass is 2100 g/mol. The highest BCUT2D eigenvalue weighted by Gasteiger charge is 2.31. The number of halogens is 7. The number of hydrogen-bond donors (Lipinski definition) is 1. The topological polar surface area (TPSA) is 139 Å². The largest absolute Gasteiger partial charge is 0.489 e. The molecule has 0 bridgehead atoms. The summed E-state index contributed by atoms with van der Waals surface area (Å²) in [5.41, 5.74) is 11.6. The molecule has 0 radical (unpaired) electrons. The number of hydrogen-bond acceptors (Lipinski definition) is 12. The Morgan fingerprint density at radius 3 is 1.35 bits per heavy atom. The molecule has 0 aliphatic carbocycles. The molecular weight excluding hydrogens is 1970 g/mol. The summed E-state index contributed by atoms with van der Waals surface area (Å²) in [6.45, 7) is 45.4. The minimum atomic E-state index is -4.36. The summed E-state index contributed by atoms with van der Waals surface area (Å²) in [6.07, 6.45) is -0.566. The molecule has 5 aromatic heterocycles. The molecule has 144 heavy (non-hydrogen) atoms. The molecule has 0 aliphatic heterocycles. The second kappa shape index (κ2) is 60.5. The van der Waals surface area contributed by atoms with E-state index in [1.165, 1.54) is 98.8 Å². The number of aromatic nitrogens is 3. The molecule has 17 rings (SSSR count). The number of aromatic amines is 1. The number of para-hydroxylation sites is 1. The third-order valence-corrected chi connectivity index (χ3v) is 26.3. The van der Waals surface area contributed by atoms with Crippen molar-refractivity contribution in [1.29, 1.82) is 0 Å². The van der Waals surface area contributed by atoms with E-state index in [0.717, 1.165) is 62.5 Å². The molecule has 0 saturated heterocycles. The number of furan rings is 2. The molecule has 0 spiro atoms. The molecule has 0 amide bonds. The highest BCUT2D eigenvalue weighted by Crippen LogP contribution is 2.38. The Morgan fingerprint density at radius 2 is 0.882 bits per heavy atom. The highest BCUT2D eigenvalue weighted by atomic mass is 79.9. The van der Waals surface area contributed by atoms with E-state index in [2.05, 4.69) is 299 Å². The van der Waals surface area contributed by atoms with E-state index in [1.807, 2.05) is 185 Å². The lowest BCUT2D eigenvalue weighted by molar-refractivity contribution is -0.402. The fourth-order valence-electron chi connectivity index (χ4n) is 13.4. The molecule has 756 valence electrons. The maximum absolute atomic E-state index is 12.8. The maximum Gasteiger partial charge on any atom is 0.433 e. The number of aryl methyl sites for hydroxylation is 1. The number of benzene rings is 12. The number of nitrogens with one attached hydrogen (secondary N) is 1. The molecule has 12 aromatic carbocycles. The Kier molecular flexibility index (Phi) is 49.2. The Labute approximate surface area is 881 Å². The van der Waals surface area contributed by atoms with Crippen LogP contribution in [0.25, 0.3) is 22.3 Å². The van der Waals surface area contributed by atoms with Crippen LogP contribution in [0.2, 0.25) is 10.0 Å². The fourth-order valence-corrected chi connectivity index (χ4v) is 17.1. The summed E-state index contributed by atoms with van der Waals surface area (Å²) < 4.78 is 79.2. The molecule has 0 atom stereocenters. The minimum Gasteiger partial charge on any atom is -0.489 e. The van der Waals surface area contributed by atoms with Gasteiger partial charge in [-0.05, 0) is 279 Å². The zero-order valence-corrected chi connectivity index (χ0v) is 91.7. The third-order valence-electron chi connectivity index (χ3n) is 21.8. The van der Waals surface area contributed by atoms with Gasteiger partial charge < -0.3 is 28.0 Å². The Morgan fingerprint density at radius 1 is 0.424 bits per heavy atom. The lowest BCUT2D eigenvalue weighted by Gasteiger charge is -2.11. The second-order valence-corrected chi connectivity index (χ2v) is 42.0. The Bertz CT molecular complexity index is 6530. The van der Waals surface area contributed by atoms with Gasteiger partial charge in [-0.3, -0.25) is 15.1 Å². The number of fused-ring (bicyclic) bond motifs is 1. The predicted molar refractivity (Wildman–Crippen MR) is 600 cm³/mol. The number of rotatable bonds is 23. The van der Waals surface area contributed by atoms with E-state index < -0.39 is 16.7 Å². The third kappa shape index (κ3) is 42.2. The molecule has 5 heterocycles. The summed E-state index contributed by atoms with van der Waals surface area (Å²) >= 11 is 20.6. The number of ether oxygens (including phenoxy) is 3. The zero-order valence-electron chi connectivity index (χ0n) is 86.1. The van der Waals surface area contributed by atoms with Crippen molar-refractivity contribution < 1.29 is 45.5 Å². The highest BCUT2D eigenvalue weighted by molar-refractivity contribution is 9.10. The van der Waals surface area contributed by atoms with Crippen molar-refractivity contribution >= 4 is 90.8 Å². The maximum atomic E-state index is 12.8. The molecule has 0 unspecified atom stereocenters. The van der Waals surface area contributed by atoms with E-state index in [9.17, 15) is 27.7 Å². The van der Waals surface area contributed by atoms with Crippen molar-refractivity contribution in [2.24, 2.45) is 0 Å². The van der Waals surface area contributed by atoms with Crippen LogP contribution >= 0.6 is 74.0 Å². The van der Waals surface area contributed by atoms with E-state index in [-0.39, 0.29) is 23.4 Å². The van der Waals surface area contributed by atoms with Gasteiger partial charge in [-0.25, -0.2) is 9.37 Å². The Balaban J connectivity index is 0.000000197. The van der Waals surface area contributed by atoms with Gasteiger partial charge in [-0.1, -0.05) is 349 Å². The number of thiophene rings is 1. The van der Waals surface area contributed by atoms with E-state index in [1.54, 1.807) is 42.1 Å². The van der Waals surface area contributed by atoms with Gasteiger partial charge in [0.25, 0.3) is 0 Å². The first-order chi connectivity index (χ1) is 68.6. The van der Waals surface area contributed by atoms with Crippen molar-refractivity contribution in [2.75, 3.05) is 0 Å². The molecule has 11 nitrogen and oxygen atoms in total. The van der Waals surface area contributed by atoms with E-state index in [0.29, 0.717) is 87.2 Å². The van der Waals surface area contributed by atoms with Crippen LogP contribution < -0.4 is 14.2 Å². The van der Waals surface area contributed by atoms with Gasteiger partial charge >= 0.3 is 12.1 Å². The first-order valence-corrected chi connectivity index (χ1v) is 52.5. The zero-order chi connectivity index (χ0) is 105. The van der Waals surface area contributed by atoms with Crippen molar-refractivity contribution in [3.8, 4) is 40.1 Å². The van der Waals surface area contributed by atoms with Gasteiger partial charge in [-0.2, -0.15) is 13.2 Å². The van der Waals surface area contributed by atoms with Crippen molar-refractivity contribution in [3.05, 3.63) is 460 Å². The van der Waals surface area contributed by atoms with Crippen LogP contribution in [-0.2, 0) is 12.8 Å². The van der Waals surface area contributed by atoms with Crippen LogP contribution in [0.15, 0.2) is 390 Å². The molecule has 0 fully saturated rings. The van der Waals surface area contributed by atoms with Crippen molar-refractivity contribution in [1.82, 2.24) is 15.0 Å². The van der Waals surface area contributed by atoms with Gasteiger partial charge in [0.05, 0.1) is 17.1 Å². The average molecular weight is 2100 g/mol. The molecular formula is C123H135BrCl2F4N4O7S3. The van der Waals surface area contributed by atoms with E-state index >= 15 is 0 Å². The van der Waals surface area contributed by atoms with Crippen LogP contribution in [0.1, 0.15) is 270 Å². The van der Waals surface area contributed by atoms with Crippen LogP contribution in [0, 0.1) is 22.9 Å². The van der Waals surface area contributed by atoms with Gasteiger partial charge in [0.2, 0.25) is 0 Å². The predicted octanol–water partition coefficient (Wildman–Crippen LogP) is 41.2. The van der Waals surface area contributed by atoms with Gasteiger partial charge in [0, 0.05) is 85.2 Å². The number of imidazole rings is 1. The summed E-state index contributed by atoms with van der Waals surface area (Å²) in [4.78, 5) is 27.9. The van der Waals surface area contributed by atoms with Crippen LogP contribution in [0.3, 0.4) is 0 Å². The molecule has 17 aromatic rings. The molecule has 0 saturated carbocycles. The smallest absolute Gasteiger partial charge is 0.433 e. The first-order valence-electron chi connectivity index (χ1n) is 48.4. The normalized spacial score (nSPS) is 10.8. The quantitative estimate of drug-likeness (QED) is 0.0372. The number of nitro groups is 1. The first kappa shape index (κ1) is 117. The minimum absolute atomic E-state index is 0.181. The van der Waals surface area contributed by atoms with E-state index in [4.69, 9.17) is 46.2 Å². The molecule has 21 heteroatoms. The summed E-state index contributed by atoms with van der Waals surface area (Å²) in [6, 6.07) is 108.